The molecule has 0 aromatic carbocycles. The van der Waals surface area contributed by atoms with Crippen molar-refractivity contribution in [3.05, 3.63) is 34.5 Å². The average molecular weight is 212 g/mol. The first kappa shape index (κ1) is 9.33. The fourth-order valence-corrected chi connectivity index (χ4v) is 2.36. The molecule has 0 aliphatic carbocycles. The first-order valence-corrected chi connectivity index (χ1v) is 5.30. The Kier molecular flexibility index (Phi) is 1.64. The molecule has 3 heteroatoms. The molecule has 0 bridgehead atoms. The van der Waals surface area contributed by atoms with Crippen LogP contribution in [0.1, 0.15) is 27.2 Å². The van der Waals surface area contributed by atoms with E-state index in [1.54, 1.807) is 0 Å². The summed E-state index contributed by atoms with van der Waals surface area (Å²) in [4.78, 5) is 15.4. The molecule has 0 saturated heterocycles. The quantitative estimate of drug-likeness (QED) is 0.581. The molecule has 3 heterocycles. The van der Waals surface area contributed by atoms with Crippen molar-refractivity contribution in [1.82, 2.24) is 9.38 Å². The van der Waals surface area contributed by atoms with Crippen LogP contribution in [0.2, 0.25) is 0 Å². The highest BCUT2D eigenvalue weighted by Gasteiger charge is 2.16. The smallest absolute Gasteiger partial charge is 0.153 e. The van der Waals surface area contributed by atoms with Gasteiger partial charge in [-0.05, 0) is 44.0 Å². The number of carbonyl (C=O) groups excluding carboxylic acids is 1. The lowest BCUT2D eigenvalue weighted by Crippen LogP contribution is -1.92. The van der Waals surface area contributed by atoms with Crippen molar-refractivity contribution >= 4 is 23.0 Å². The summed E-state index contributed by atoms with van der Waals surface area (Å²) in [6, 6.07) is 3.99. The predicted octanol–water partition coefficient (Wildman–Crippen LogP) is 2.66. The second kappa shape index (κ2) is 2.82. The first-order chi connectivity index (χ1) is 7.63. The van der Waals surface area contributed by atoms with Crippen molar-refractivity contribution in [3.8, 4) is 0 Å². The minimum Gasteiger partial charge on any atom is -0.298 e. The molecule has 0 aliphatic rings. The first-order valence-electron chi connectivity index (χ1n) is 5.30. The van der Waals surface area contributed by atoms with E-state index in [1.807, 2.05) is 13.0 Å². The molecule has 16 heavy (non-hydrogen) atoms. The molecule has 0 saturated carbocycles. The van der Waals surface area contributed by atoms with E-state index in [2.05, 4.69) is 29.3 Å². The van der Waals surface area contributed by atoms with Gasteiger partial charge in [0, 0.05) is 5.69 Å². The second-order valence-electron chi connectivity index (χ2n) is 4.29. The van der Waals surface area contributed by atoms with E-state index in [4.69, 9.17) is 0 Å². The molecule has 0 atom stereocenters. The summed E-state index contributed by atoms with van der Waals surface area (Å²) >= 11 is 0. The third-order valence-corrected chi connectivity index (χ3v) is 3.33. The maximum atomic E-state index is 11.0. The Balaban J connectivity index is 2.68. The number of nitrogens with zero attached hydrogens (tertiary/aromatic N) is 2. The molecule has 3 nitrogen and oxygen atoms in total. The molecule has 0 fully saturated rings. The maximum absolute atomic E-state index is 11.0. The third-order valence-electron chi connectivity index (χ3n) is 3.33. The van der Waals surface area contributed by atoms with Gasteiger partial charge in [-0.25, -0.2) is 4.98 Å². The van der Waals surface area contributed by atoms with Crippen LogP contribution < -0.4 is 0 Å². The van der Waals surface area contributed by atoms with Crippen molar-refractivity contribution in [2.24, 2.45) is 0 Å². The highest BCUT2D eigenvalue weighted by molar-refractivity contribution is 5.93. The van der Waals surface area contributed by atoms with Gasteiger partial charge in [0.2, 0.25) is 0 Å². The van der Waals surface area contributed by atoms with Crippen molar-refractivity contribution < 1.29 is 4.79 Å². The van der Waals surface area contributed by atoms with Crippen LogP contribution in [0.4, 0.5) is 0 Å². The van der Waals surface area contributed by atoms with E-state index < -0.39 is 0 Å². The van der Waals surface area contributed by atoms with Gasteiger partial charge in [0.05, 0.1) is 16.6 Å². The van der Waals surface area contributed by atoms with E-state index in [9.17, 15) is 4.79 Å². The van der Waals surface area contributed by atoms with Crippen molar-refractivity contribution in [2.75, 3.05) is 0 Å². The van der Waals surface area contributed by atoms with Crippen LogP contribution in [0.5, 0.6) is 0 Å². The molecule has 0 unspecified atom stereocenters. The molecular weight excluding hydrogens is 200 g/mol. The molecule has 3 aromatic heterocycles. The Bertz CT molecular complexity index is 709. The monoisotopic (exact) mass is 212 g/mol. The van der Waals surface area contributed by atoms with Gasteiger partial charge >= 0.3 is 0 Å². The third kappa shape index (κ3) is 0.927. The van der Waals surface area contributed by atoms with Crippen LogP contribution in [0, 0.1) is 20.8 Å². The molecule has 3 aromatic rings. The average Bonchev–Trinajstić information content (AvgIpc) is 2.73. The highest BCUT2D eigenvalue weighted by atomic mass is 16.1. The van der Waals surface area contributed by atoms with Gasteiger partial charge in [-0.15, -0.1) is 0 Å². The Labute approximate surface area is 93.1 Å². The van der Waals surface area contributed by atoms with E-state index >= 15 is 0 Å². The summed E-state index contributed by atoms with van der Waals surface area (Å²) in [5, 5.41) is 0. The zero-order valence-corrected chi connectivity index (χ0v) is 9.53. The maximum Gasteiger partial charge on any atom is 0.153 e. The second-order valence-corrected chi connectivity index (χ2v) is 4.29. The summed E-state index contributed by atoms with van der Waals surface area (Å²) in [6.07, 6.45) is 0.878. The molecule has 0 N–H and O–H groups in total. The normalized spacial score (nSPS) is 11.7. The lowest BCUT2D eigenvalue weighted by atomic mass is 10.1. The van der Waals surface area contributed by atoms with Gasteiger partial charge in [-0.3, -0.25) is 9.20 Å². The summed E-state index contributed by atoms with van der Waals surface area (Å²) in [6.45, 7) is 6.15. The number of aromatic nitrogens is 2. The lowest BCUT2D eigenvalue weighted by Gasteiger charge is -2.00. The summed E-state index contributed by atoms with van der Waals surface area (Å²) in [5.41, 5.74) is 7.14. The minimum absolute atomic E-state index is 0.673. The van der Waals surface area contributed by atoms with E-state index in [0.717, 1.165) is 28.7 Å². The number of aryl methyl sites for hydroxylation is 3. The Hall–Kier alpha value is -1.90. The Morgan fingerprint density at radius 1 is 1.12 bits per heavy atom. The molecule has 0 spiro atoms. The van der Waals surface area contributed by atoms with Gasteiger partial charge in [-0.2, -0.15) is 0 Å². The fraction of sp³-hybridized carbons (Fsp3) is 0.231. The highest BCUT2D eigenvalue weighted by Crippen LogP contribution is 2.29. The summed E-state index contributed by atoms with van der Waals surface area (Å²) in [5.74, 6) is 0. The number of rotatable bonds is 1. The lowest BCUT2D eigenvalue weighted by molar-refractivity contribution is 0.112. The topological polar surface area (TPSA) is 34.4 Å². The van der Waals surface area contributed by atoms with E-state index in [1.165, 1.54) is 11.1 Å². The van der Waals surface area contributed by atoms with Gasteiger partial charge in [-0.1, -0.05) is 0 Å². The Morgan fingerprint density at radius 2 is 1.75 bits per heavy atom. The zero-order chi connectivity index (χ0) is 11.4. The number of hydrogen-bond acceptors (Lipinski definition) is 2. The molecule has 0 radical (unpaired) electrons. The van der Waals surface area contributed by atoms with Gasteiger partial charge in [0.1, 0.15) is 5.65 Å². The van der Waals surface area contributed by atoms with Crippen LogP contribution in [0.15, 0.2) is 12.1 Å². The van der Waals surface area contributed by atoms with Crippen LogP contribution in [0.25, 0.3) is 16.7 Å². The molecule has 80 valence electrons. The fourth-order valence-electron chi connectivity index (χ4n) is 2.36. The van der Waals surface area contributed by atoms with Crippen molar-refractivity contribution in [1.29, 1.82) is 0 Å². The van der Waals surface area contributed by atoms with E-state index in [-0.39, 0.29) is 0 Å². The number of hydrogen-bond donors (Lipinski definition) is 0. The van der Waals surface area contributed by atoms with Crippen LogP contribution in [-0.2, 0) is 0 Å². The standard InChI is InChI=1S/C13H12N2O/c1-7-4-11-8(2)9(3)12-5-10(6-16)13(14-7)15(11)12/h4-6H,1-3H3. The largest absolute Gasteiger partial charge is 0.298 e. The Morgan fingerprint density at radius 3 is 2.38 bits per heavy atom. The zero-order valence-electron chi connectivity index (χ0n) is 9.53. The number of aldehydes is 1. The molecule has 0 aliphatic heterocycles. The van der Waals surface area contributed by atoms with Gasteiger partial charge < -0.3 is 0 Å². The molecular formula is C13H12N2O. The summed E-state index contributed by atoms with van der Waals surface area (Å²) < 4.78 is 2.07. The number of carbonyl (C=O) groups is 1. The summed E-state index contributed by atoms with van der Waals surface area (Å²) in [7, 11) is 0. The predicted molar refractivity (Wildman–Crippen MR) is 63.5 cm³/mol. The minimum atomic E-state index is 0.673. The van der Waals surface area contributed by atoms with Gasteiger partial charge in [0.25, 0.3) is 0 Å². The van der Waals surface area contributed by atoms with Crippen LogP contribution in [0.3, 0.4) is 0 Å². The van der Waals surface area contributed by atoms with Crippen LogP contribution >= 0.6 is 0 Å². The molecule has 3 rings (SSSR count). The SMILES string of the molecule is Cc1cc2c(C)c(C)c3cc(C=O)c(n1)n23. The van der Waals surface area contributed by atoms with Gasteiger partial charge in [0.15, 0.2) is 6.29 Å². The van der Waals surface area contributed by atoms with E-state index in [0.29, 0.717) is 5.56 Å². The van der Waals surface area contributed by atoms with Crippen molar-refractivity contribution in [2.45, 2.75) is 20.8 Å². The van der Waals surface area contributed by atoms with Crippen LogP contribution in [-0.4, -0.2) is 15.7 Å². The molecule has 0 amide bonds. The van der Waals surface area contributed by atoms with Crippen molar-refractivity contribution in [3.63, 3.8) is 0 Å².